The summed E-state index contributed by atoms with van der Waals surface area (Å²) in [6.45, 7) is 2.82. The summed E-state index contributed by atoms with van der Waals surface area (Å²) < 4.78 is 29.3. The van der Waals surface area contributed by atoms with Crippen LogP contribution in [0.1, 0.15) is 13.8 Å². The molecule has 3 aromatic rings. The van der Waals surface area contributed by atoms with Crippen LogP contribution in [0.4, 0.5) is 11.4 Å². The van der Waals surface area contributed by atoms with E-state index in [9.17, 15) is 18.0 Å². The Bertz CT molecular complexity index is 1140. The topological polar surface area (TPSA) is 122 Å². The average Bonchev–Trinajstić information content (AvgIpc) is 3.22. The predicted octanol–water partition coefficient (Wildman–Crippen LogP) is 2.14. The van der Waals surface area contributed by atoms with Gasteiger partial charge in [0.1, 0.15) is 0 Å². The summed E-state index contributed by atoms with van der Waals surface area (Å²) in [5.74, 6) is -0.772. The van der Waals surface area contributed by atoms with Crippen molar-refractivity contribution in [1.29, 1.82) is 0 Å². The molecular formula is C20H21N5O4S. The Morgan fingerprint density at radius 1 is 1.03 bits per heavy atom. The van der Waals surface area contributed by atoms with E-state index in [1.54, 1.807) is 35.4 Å². The second-order valence-electron chi connectivity index (χ2n) is 6.52. The Hall–Kier alpha value is -3.50. The third kappa shape index (κ3) is 5.10. The first-order chi connectivity index (χ1) is 14.3. The number of nitrogens with zero attached hydrogens (tertiary/aromatic N) is 2. The smallest absolute Gasteiger partial charge is 0.242 e. The van der Waals surface area contributed by atoms with Gasteiger partial charge in [0.2, 0.25) is 21.8 Å². The van der Waals surface area contributed by atoms with E-state index in [2.05, 4.69) is 20.3 Å². The van der Waals surface area contributed by atoms with Gasteiger partial charge in [0, 0.05) is 25.0 Å². The molecule has 1 aromatic heterocycles. The van der Waals surface area contributed by atoms with Gasteiger partial charge in [0.15, 0.2) is 0 Å². The lowest BCUT2D eigenvalue weighted by Gasteiger charge is -2.16. The van der Waals surface area contributed by atoms with Crippen LogP contribution in [0, 0.1) is 0 Å². The molecule has 3 N–H and O–H groups in total. The van der Waals surface area contributed by atoms with E-state index in [0.29, 0.717) is 17.1 Å². The lowest BCUT2D eigenvalue weighted by Crippen LogP contribution is -2.41. The maximum absolute atomic E-state index is 12.6. The Morgan fingerprint density at radius 3 is 2.37 bits per heavy atom. The molecule has 3 rings (SSSR count). The molecule has 0 radical (unpaired) electrons. The number of para-hydroxylation sites is 2. The Morgan fingerprint density at radius 2 is 1.73 bits per heavy atom. The number of hydrogen-bond donors (Lipinski definition) is 3. The fraction of sp³-hybridized carbons (Fsp3) is 0.150. The minimum atomic E-state index is -3.93. The molecule has 1 heterocycles. The zero-order chi connectivity index (χ0) is 21.7. The number of benzene rings is 2. The first kappa shape index (κ1) is 21.2. The zero-order valence-electron chi connectivity index (χ0n) is 16.4. The molecule has 0 aliphatic rings. The lowest BCUT2D eigenvalue weighted by molar-refractivity contribution is -0.117. The second-order valence-corrected chi connectivity index (χ2v) is 8.24. The molecule has 1 atom stereocenters. The minimum absolute atomic E-state index is 0.0185. The van der Waals surface area contributed by atoms with Crippen molar-refractivity contribution in [3.05, 3.63) is 67.3 Å². The molecule has 156 valence electrons. The minimum Gasteiger partial charge on any atom is -0.326 e. The first-order valence-corrected chi connectivity index (χ1v) is 10.5. The van der Waals surface area contributed by atoms with Gasteiger partial charge in [0.05, 0.1) is 28.6 Å². The van der Waals surface area contributed by atoms with Gasteiger partial charge in [-0.15, -0.1) is 0 Å². The summed E-state index contributed by atoms with van der Waals surface area (Å²) in [5.41, 5.74) is 1.70. The van der Waals surface area contributed by atoms with E-state index < -0.39 is 22.0 Å². The number of sulfonamides is 1. The zero-order valence-corrected chi connectivity index (χ0v) is 17.2. The molecule has 0 bridgehead atoms. The molecule has 30 heavy (non-hydrogen) atoms. The van der Waals surface area contributed by atoms with Crippen LogP contribution in [0.2, 0.25) is 0 Å². The van der Waals surface area contributed by atoms with Crippen LogP contribution in [0.25, 0.3) is 5.69 Å². The summed E-state index contributed by atoms with van der Waals surface area (Å²) >= 11 is 0. The van der Waals surface area contributed by atoms with E-state index in [1.807, 2.05) is 12.1 Å². The number of amides is 2. The van der Waals surface area contributed by atoms with Crippen molar-refractivity contribution in [2.45, 2.75) is 24.8 Å². The van der Waals surface area contributed by atoms with Gasteiger partial charge < -0.3 is 15.2 Å². The quantitative estimate of drug-likeness (QED) is 0.533. The SMILES string of the molecule is CC(=O)Nc1ccc(S(=O)(=O)N[C@@H](C)C(=O)Nc2ccccc2-n2ccnc2)cc1. The molecule has 0 aliphatic heterocycles. The van der Waals surface area contributed by atoms with Crippen molar-refractivity contribution < 1.29 is 18.0 Å². The summed E-state index contributed by atoms with van der Waals surface area (Å²) in [5, 5.41) is 5.30. The molecule has 10 heteroatoms. The van der Waals surface area contributed by atoms with Crippen molar-refractivity contribution in [2.75, 3.05) is 10.6 Å². The van der Waals surface area contributed by atoms with Gasteiger partial charge in [-0.05, 0) is 43.3 Å². The summed E-state index contributed by atoms with van der Waals surface area (Å²) in [4.78, 5) is 27.7. The van der Waals surface area contributed by atoms with Crippen LogP contribution in [0.5, 0.6) is 0 Å². The Kier molecular flexibility index (Phi) is 6.28. The molecule has 2 aromatic carbocycles. The largest absolute Gasteiger partial charge is 0.326 e. The highest BCUT2D eigenvalue weighted by atomic mass is 32.2. The maximum atomic E-state index is 12.6. The van der Waals surface area contributed by atoms with Gasteiger partial charge in [0.25, 0.3) is 0 Å². The van der Waals surface area contributed by atoms with Crippen LogP contribution in [-0.4, -0.2) is 35.8 Å². The number of hydrogen-bond acceptors (Lipinski definition) is 5. The molecule has 0 aliphatic carbocycles. The highest BCUT2D eigenvalue weighted by molar-refractivity contribution is 7.89. The van der Waals surface area contributed by atoms with Gasteiger partial charge in [-0.25, -0.2) is 13.4 Å². The first-order valence-electron chi connectivity index (χ1n) is 9.04. The highest BCUT2D eigenvalue weighted by Crippen LogP contribution is 2.20. The van der Waals surface area contributed by atoms with Gasteiger partial charge in [-0.2, -0.15) is 4.72 Å². The molecule has 0 saturated heterocycles. The summed E-state index contributed by atoms with van der Waals surface area (Å²) in [6.07, 6.45) is 4.95. The predicted molar refractivity (Wildman–Crippen MR) is 113 cm³/mol. The van der Waals surface area contributed by atoms with E-state index in [0.717, 1.165) is 0 Å². The molecule has 0 fully saturated rings. The van der Waals surface area contributed by atoms with Crippen molar-refractivity contribution in [3.63, 3.8) is 0 Å². The third-order valence-corrected chi connectivity index (χ3v) is 5.71. The summed E-state index contributed by atoms with van der Waals surface area (Å²) in [6, 6.07) is 11.7. The Balaban J connectivity index is 1.71. The van der Waals surface area contributed by atoms with E-state index in [4.69, 9.17) is 0 Å². The number of carbonyl (C=O) groups excluding carboxylic acids is 2. The third-order valence-electron chi connectivity index (χ3n) is 4.15. The molecule has 0 spiro atoms. The molecular weight excluding hydrogens is 406 g/mol. The fourth-order valence-corrected chi connectivity index (χ4v) is 3.93. The lowest BCUT2D eigenvalue weighted by atomic mass is 10.2. The standard InChI is InChI=1S/C20H21N5O4S/c1-14(24-30(28,29)17-9-7-16(8-10-17)22-15(2)26)20(27)23-18-5-3-4-6-19(18)25-12-11-21-13-25/h3-14,24H,1-2H3,(H,22,26)(H,23,27)/t14-/m0/s1. The van der Waals surface area contributed by atoms with Gasteiger partial charge in [-0.3, -0.25) is 9.59 Å². The molecule has 2 amide bonds. The van der Waals surface area contributed by atoms with Crippen LogP contribution in [-0.2, 0) is 19.6 Å². The molecule has 9 nitrogen and oxygen atoms in total. The number of rotatable bonds is 7. The number of aromatic nitrogens is 2. The van der Waals surface area contributed by atoms with Crippen LogP contribution in [0.15, 0.2) is 72.1 Å². The van der Waals surface area contributed by atoms with Crippen molar-refractivity contribution in [3.8, 4) is 5.69 Å². The number of imidazole rings is 1. The molecule has 0 unspecified atom stereocenters. The Labute approximate surface area is 174 Å². The highest BCUT2D eigenvalue weighted by Gasteiger charge is 2.23. The second kappa shape index (κ2) is 8.89. The van der Waals surface area contributed by atoms with E-state index >= 15 is 0 Å². The average molecular weight is 427 g/mol. The van der Waals surface area contributed by atoms with Crippen molar-refractivity contribution >= 4 is 33.2 Å². The number of nitrogens with one attached hydrogen (secondary N) is 3. The number of carbonyl (C=O) groups is 2. The van der Waals surface area contributed by atoms with E-state index in [-0.39, 0.29) is 10.8 Å². The van der Waals surface area contributed by atoms with Crippen molar-refractivity contribution in [1.82, 2.24) is 14.3 Å². The van der Waals surface area contributed by atoms with Crippen molar-refractivity contribution in [2.24, 2.45) is 0 Å². The van der Waals surface area contributed by atoms with E-state index in [1.165, 1.54) is 38.1 Å². The monoisotopic (exact) mass is 427 g/mol. The maximum Gasteiger partial charge on any atom is 0.242 e. The van der Waals surface area contributed by atoms with Crippen LogP contribution < -0.4 is 15.4 Å². The van der Waals surface area contributed by atoms with Crippen LogP contribution >= 0.6 is 0 Å². The number of anilines is 2. The van der Waals surface area contributed by atoms with Crippen LogP contribution in [0.3, 0.4) is 0 Å². The van der Waals surface area contributed by atoms with Gasteiger partial charge >= 0.3 is 0 Å². The van der Waals surface area contributed by atoms with Gasteiger partial charge in [-0.1, -0.05) is 12.1 Å². The normalized spacial score (nSPS) is 12.2. The summed E-state index contributed by atoms with van der Waals surface area (Å²) in [7, 11) is -3.93. The molecule has 0 saturated carbocycles. The fourth-order valence-electron chi connectivity index (χ4n) is 2.72.